The van der Waals surface area contributed by atoms with Gasteiger partial charge in [-0.05, 0) is 24.6 Å². The summed E-state index contributed by atoms with van der Waals surface area (Å²) in [4.78, 5) is 4.02. The SMILES string of the molecule is CCOc1cc(CNc2ncn[nH]2)c(Cl)cc1OCc1ccccc1Cl. The van der Waals surface area contributed by atoms with Gasteiger partial charge in [0.2, 0.25) is 5.95 Å². The number of rotatable bonds is 8. The number of nitrogens with one attached hydrogen (secondary N) is 2. The highest BCUT2D eigenvalue weighted by molar-refractivity contribution is 6.31. The van der Waals surface area contributed by atoms with E-state index in [-0.39, 0.29) is 0 Å². The average molecular weight is 393 g/mol. The van der Waals surface area contributed by atoms with Gasteiger partial charge in [-0.25, -0.2) is 10.1 Å². The van der Waals surface area contributed by atoms with Crippen molar-refractivity contribution in [2.24, 2.45) is 0 Å². The zero-order valence-corrected chi connectivity index (χ0v) is 15.6. The number of benzene rings is 2. The van der Waals surface area contributed by atoms with Crippen molar-refractivity contribution >= 4 is 29.2 Å². The van der Waals surface area contributed by atoms with Crippen molar-refractivity contribution in [2.45, 2.75) is 20.1 Å². The molecule has 3 rings (SSSR count). The fourth-order valence-electron chi connectivity index (χ4n) is 2.33. The molecule has 1 aromatic heterocycles. The molecule has 136 valence electrons. The van der Waals surface area contributed by atoms with Crippen molar-refractivity contribution in [3.05, 3.63) is 63.9 Å². The number of anilines is 1. The molecule has 0 aliphatic heterocycles. The van der Waals surface area contributed by atoms with Gasteiger partial charge in [-0.3, -0.25) is 0 Å². The third-order valence-electron chi connectivity index (χ3n) is 3.61. The first-order valence-electron chi connectivity index (χ1n) is 8.08. The monoisotopic (exact) mass is 392 g/mol. The maximum absolute atomic E-state index is 6.41. The van der Waals surface area contributed by atoms with Gasteiger partial charge in [0.15, 0.2) is 11.5 Å². The molecule has 0 amide bonds. The molecule has 0 saturated carbocycles. The minimum Gasteiger partial charge on any atom is -0.490 e. The van der Waals surface area contributed by atoms with Crippen molar-refractivity contribution < 1.29 is 9.47 Å². The molecule has 0 saturated heterocycles. The number of ether oxygens (including phenoxy) is 2. The van der Waals surface area contributed by atoms with Gasteiger partial charge >= 0.3 is 0 Å². The van der Waals surface area contributed by atoms with Crippen LogP contribution in [0.4, 0.5) is 5.95 Å². The third-order valence-corrected chi connectivity index (χ3v) is 4.34. The van der Waals surface area contributed by atoms with Crippen molar-refractivity contribution in [1.29, 1.82) is 0 Å². The number of hydrogen-bond acceptors (Lipinski definition) is 5. The minimum atomic E-state index is 0.325. The molecule has 1 heterocycles. The summed E-state index contributed by atoms with van der Waals surface area (Å²) in [6.45, 7) is 3.22. The number of halogens is 2. The number of aromatic amines is 1. The van der Waals surface area contributed by atoms with Crippen LogP contribution in [0.3, 0.4) is 0 Å². The first-order chi connectivity index (χ1) is 12.7. The van der Waals surface area contributed by atoms with E-state index in [1.807, 2.05) is 37.3 Å². The molecule has 0 unspecified atom stereocenters. The highest BCUT2D eigenvalue weighted by atomic mass is 35.5. The van der Waals surface area contributed by atoms with Crippen LogP contribution in [0.1, 0.15) is 18.1 Å². The smallest absolute Gasteiger partial charge is 0.218 e. The minimum absolute atomic E-state index is 0.325. The molecule has 2 aromatic carbocycles. The first-order valence-corrected chi connectivity index (χ1v) is 8.83. The lowest BCUT2D eigenvalue weighted by Gasteiger charge is -2.15. The molecule has 26 heavy (non-hydrogen) atoms. The van der Waals surface area contributed by atoms with Crippen LogP contribution in [0.15, 0.2) is 42.7 Å². The Hall–Kier alpha value is -2.44. The maximum Gasteiger partial charge on any atom is 0.218 e. The third kappa shape index (κ3) is 4.59. The fraction of sp³-hybridized carbons (Fsp3) is 0.222. The quantitative estimate of drug-likeness (QED) is 0.580. The highest BCUT2D eigenvalue weighted by Crippen LogP contribution is 2.35. The van der Waals surface area contributed by atoms with Crippen LogP contribution < -0.4 is 14.8 Å². The molecule has 0 aliphatic rings. The predicted molar refractivity (Wildman–Crippen MR) is 102 cm³/mol. The Balaban J connectivity index is 1.76. The highest BCUT2D eigenvalue weighted by Gasteiger charge is 2.12. The molecule has 0 bridgehead atoms. The summed E-state index contributed by atoms with van der Waals surface area (Å²) in [5.41, 5.74) is 1.75. The van der Waals surface area contributed by atoms with Gasteiger partial charge in [0.25, 0.3) is 0 Å². The van der Waals surface area contributed by atoms with E-state index in [1.165, 1.54) is 6.33 Å². The van der Waals surface area contributed by atoms with Crippen LogP contribution in [0.2, 0.25) is 10.0 Å². The number of H-pyrrole nitrogens is 1. The molecule has 0 aliphatic carbocycles. The molecule has 0 radical (unpaired) electrons. The summed E-state index contributed by atoms with van der Waals surface area (Å²) in [5, 5.41) is 10.9. The van der Waals surface area contributed by atoms with Crippen molar-refractivity contribution in [2.75, 3.05) is 11.9 Å². The number of hydrogen-bond donors (Lipinski definition) is 2. The molecule has 3 aromatic rings. The summed E-state index contributed by atoms with van der Waals surface area (Å²) in [5.74, 6) is 1.76. The molecule has 2 N–H and O–H groups in total. The zero-order chi connectivity index (χ0) is 18.4. The second kappa shape index (κ2) is 8.78. The summed E-state index contributed by atoms with van der Waals surface area (Å²) in [6, 6.07) is 11.1. The summed E-state index contributed by atoms with van der Waals surface area (Å²) in [7, 11) is 0. The lowest BCUT2D eigenvalue weighted by Crippen LogP contribution is -2.05. The zero-order valence-electron chi connectivity index (χ0n) is 14.1. The van der Waals surface area contributed by atoms with Crippen LogP contribution in [0.5, 0.6) is 11.5 Å². The molecular weight excluding hydrogens is 375 g/mol. The molecular formula is C18H18Cl2N4O2. The van der Waals surface area contributed by atoms with Crippen LogP contribution in [0.25, 0.3) is 0 Å². The molecule has 8 heteroatoms. The second-order valence-corrected chi connectivity index (χ2v) is 6.21. The van der Waals surface area contributed by atoms with E-state index in [1.54, 1.807) is 6.07 Å². The van der Waals surface area contributed by atoms with Crippen LogP contribution in [-0.4, -0.2) is 21.8 Å². The molecule has 6 nitrogen and oxygen atoms in total. The normalized spacial score (nSPS) is 10.6. The van der Waals surface area contributed by atoms with Gasteiger partial charge in [0.1, 0.15) is 12.9 Å². The van der Waals surface area contributed by atoms with E-state index in [0.717, 1.165) is 11.1 Å². The van der Waals surface area contributed by atoms with Crippen molar-refractivity contribution in [1.82, 2.24) is 15.2 Å². The average Bonchev–Trinajstić information content (AvgIpc) is 3.15. The Labute approximate surface area is 161 Å². The van der Waals surface area contributed by atoms with Crippen molar-refractivity contribution in [3.8, 4) is 11.5 Å². The van der Waals surface area contributed by atoms with E-state index in [0.29, 0.717) is 47.3 Å². The van der Waals surface area contributed by atoms with Gasteiger partial charge in [0.05, 0.1) is 6.61 Å². The number of aromatic nitrogens is 3. The van der Waals surface area contributed by atoms with Gasteiger partial charge in [-0.1, -0.05) is 41.4 Å². The fourth-order valence-corrected chi connectivity index (χ4v) is 2.75. The van der Waals surface area contributed by atoms with E-state index in [4.69, 9.17) is 32.7 Å². The van der Waals surface area contributed by atoms with Crippen LogP contribution in [-0.2, 0) is 13.2 Å². The molecule has 0 spiro atoms. The lowest BCUT2D eigenvalue weighted by molar-refractivity contribution is 0.269. The van der Waals surface area contributed by atoms with E-state index < -0.39 is 0 Å². The predicted octanol–water partition coefficient (Wildman–Crippen LogP) is 4.70. The van der Waals surface area contributed by atoms with Crippen molar-refractivity contribution in [3.63, 3.8) is 0 Å². The van der Waals surface area contributed by atoms with Gasteiger partial charge in [0, 0.05) is 28.2 Å². The van der Waals surface area contributed by atoms with E-state index in [2.05, 4.69) is 20.5 Å². The Morgan fingerprint density at radius 2 is 1.85 bits per heavy atom. The summed E-state index contributed by atoms with van der Waals surface area (Å²) >= 11 is 12.6. The van der Waals surface area contributed by atoms with Crippen LogP contribution >= 0.6 is 23.2 Å². The topological polar surface area (TPSA) is 72.1 Å². The summed E-state index contributed by atoms with van der Waals surface area (Å²) in [6.07, 6.45) is 1.43. The largest absolute Gasteiger partial charge is 0.490 e. The standard InChI is InChI=1S/C18H18Cl2N4O2/c1-2-25-16-7-13(9-21-18-22-11-23-24-18)15(20)8-17(16)26-10-12-5-3-4-6-14(12)19/h3-8,11H,2,9-10H2,1H3,(H2,21,22,23,24). The second-order valence-electron chi connectivity index (χ2n) is 5.39. The lowest BCUT2D eigenvalue weighted by atomic mass is 10.2. The Bertz CT molecular complexity index is 856. The first kappa shape index (κ1) is 18.4. The Morgan fingerprint density at radius 3 is 2.58 bits per heavy atom. The summed E-state index contributed by atoms with van der Waals surface area (Å²) < 4.78 is 11.6. The maximum atomic E-state index is 6.41. The Morgan fingerprint density at radius 1 is 1.04 bits per heavy atom. The van der Waals surface area contributed by atoms with Crippen LogP contribution in [0, 0.1) is 0 Å². The molecule has 0 atom stereocenters. The van der Waals surface area contributed by atoms with Gasteiger partial charge in [-0.2, -0.15) is 5.10 Å². The molecule has 0 fully saturated rings. The Kier molecular flexibility index (Phi) is 6.20. The number of nitrogens with zero attached hydrogens (tertiary/aromatic N) is 2. The van der Waals surface area contributed by atoms with E-state index in [9.17, 15) is 0 Å². The van der Waals surface area contributed by atoms with Gasteiger partial charge < -0.3 is 14.8 Å². The van der Waals surface area contributed by atoms with E-state index >= 15 is 0 Å². The van der Waals surface area contributed by atoms with Gasteiger partial charge in [-0.15, -0.1) is 0 Å².